The number of rotatable bonds is 7. The number of hydrogen-bond acceptors (Lipinski definition) is 5. The summed E-state index contributed by atoms with van der Waals surface area (Å²) in [5, 5.41) is 6.58. The minimum atomic E-state index is -3.30. The fraction of sp³-hybridized carbons (Fsp3) is 0.667. The molecule has 0 radical (unpaired) electrons. The molecule has 1 aromatic heterocycles. The minimum Gasteiger partial charge on any atom is -0.361 e. The molecule has 0 atom stereocenters. The van der Waals surface area contributed by atoms with Crippen LogP contribution in [0.4, 0.5) is 0 Å². The van der Waals surface area contributed by atoms with E-state index in [4.69, 9.17) is 4.52 Å². The summed E-state index contributed by atoms with van der Waals surface area (Å²) in [5.74, 6) is 0.476. The number of nitrogens with one attached hydrogen (secondary N) is 2. The highest BCUT2D eigenvalue weighted by Gasteiger charge is 2.13. The van der Waals surface area contributed by atoms with Gasteiger partial charge in [-0.05, 0) is 26.9 Å². The van der Waals surface area contributed by atoms with Crippen LogP contribution in [0.1, 0.15) is 17.9 Å². The van der Waals surface area contributed by atoms with Gasteiger partial charge in [-0.25, -0.2) is 13.1 Å². The number of sulfonamides is 1. The minimum absolute atomic E-state index is 0.135. The largest absolute Gasteiger partial charge is 0.361 e. The molecule has 0 fully saturated rings. The van der Waals surface area contributed by atoms with Gasteiger partial charge in [0.25, 0.3) is 0 Å². The lowest BCUT2D eigenvalue weighted by molar-refractivity contribution is 0.392. The van der Waals surface area contributed by atoms with Gasteiger partial charge in [-0.15, -0.1) is 0 Å². The van der Waals surface area contributed by atoms with Gasteiger partial charge in [-0.2, -0.15) is 0 Å². The third-order valence-corrected chi connectivity index (χ3v) is 3.26. The van der Waals surface area contributed by atoms with Crippen molar-refractivity contribution in [2.75, 3.05) is 20.1 Å². The van der Waals surface area contributed by atoms with Crippen LogP contribution < -0.4 is 10.0 Å². The van der Waals surface area contributed by atoms with E-state index < -0.39 is 10.0 Å². The summed E-state index contributed by atoms with van der Waals surface area (Å²) < 4.78 is 30.4. The van der Waals surface area contributed by atoms with Crippen LogP contribution in [-0.2, 0) is 15.8 Å². The zero-order valence-electron chi connectivity index (χ0n) is 9.49. The van der Waals surface area contributed by atoms with E-state index in [9.17, 15) is 8.42 Å². The summed E-state index contributed by atoms with van der Waals surface area (Å²) in [4.78, 5) is 0. The average molecular weight is 247 g/mol. The van der Waals surface area contributed by atoms with E-state index in [-0.39, 0.29) is 5.75 Å². The SMILES string of the molecule is CNCCCNS(=O)(=O)Cc1cc(C)on1. The van der Waals surface area contributed by atoms with Gasteiger partial charge in [0.2, 0.25) is 10.0 Å². The first-order valence-corrected chi connectivity index (χ1v) is 6.73. The van der Waals surface area contributed by atoms with Crippen molar-refractivity contribution < 1.29 is 12.9 Å². The molecule has 7 heteroatoms. The van der Waals surface area contributed by atoms with Gasteiger partial charge >= 0.3 is 0 Å². The Labute approximate surface area is 95.4 Å². The van der Waals surface area contributed by atoms with Crippen molar-refractivity contribution in [1.82, 2.24) is 15.2 Å². The van der Waals surface area contributed by atoms with Crippen LogP contribution in [0.25, 0.3) is 0 Å². The lowest BCUT2D eigenvalue weighted by Gasteiger charge is -2.04. The van der Waals surface area contributed by atoms with Gasteiger partial charge in [-0.1, -0.05) is 5.16 Å². The third kappa shape index (κ3) is 4.73. The molecule has 0 aliphatic rings. The molecule has 1 rings (SSSR count). The summed E-state index contributed by atoms with van der Waals surface area (Å²) in [7, 11) is -1.48. The van der Waals surface area contributed by atoms with Crippen LogP contribution in [0.5, 0.6) is 0 Å². The molecule has 2 N–H and O–H groups in total. The molecule has 0 saturated carbocycles. The summed E-state index contributed by atoms with van der Waals surface area (Å²) in [6.45, 7) is 2.94. The molecule has 0 amide bonds. The van der Waals surface area contributed by atoms with E-state index in [1.54, 1.807) is 13.0 Å². The highest BCUT2D eigenvalue weighted by Crippen LogP contribution is 2.05. The molecule has 0 bridgehead atoms. The lowest BCUT2D eigenvalue weighted by atomic mass is 10.4. The summed E-state index contributed by atoms with van der Waals surface area (Å²) >= 11 is 0. The molecule has 0 spiro atoms. The van der Waals surface area contributed by atoms with Crippen molar-refractivity contribution in [2.24, 2.45) is 0 Å². The Morgan fingerprint density at radius 2 is 2.19 bits per heavy atom. The van der Waals surface area contributed by atoms with Crippen molar-refractivity contribution in [2.45, 2.75) is 19.1 Å². The van der Waals surface area contributed by atoms with Gasteiger partial charge in [0.1, 0.15) is 17.2 Å². The van der Waals surface area contributed by atoms with Gasteiger partial charge in [-0.3, -0.25) is 0 Å². The van der Waals surface area contributed by atoms with Gasteiger partial charge in [0.05, 0.1) is 0 Å². The number of nitrogens with zero attached hydrogens (tertiary/aromatic N) is 1. The monoisotopic (exact) mass is 247 g/mol. The van der Waals surface area contributed by atoms with E-state index in [1.165, 1.54) is 0 Å². The van der Waals surface area contributed by atoms with Crippen LogP contribution in [-0.4, -0.2) is 33.7 Å². The predicted molar refractivity (Wildman–Crippen MR) is 60.4 cm³/mol. The summed E-state index contributed by atoms with van der Waals surface area (Å²) in [6.07, 6.45) is 0.758. The molecule has 0 aliphatic heterocycles. The van der Waals surface area contributed by atoms with Crippen molar-refractivity contribution in [3.8, 4) is 0 Å². The number of aryl methyl sites for hydroxylation is 1. The maximum Gasteiger partial charge on any atom is 0.217 e. The molecule has 1 aromatic rings. The van der Waals surface area contributed by atoms with Crippen LogP contribution in [0.2, 0.25) is 0 Å². The molecule has 16 heavy (non-hydrogen) atoms. The molecule has 1 heterocycles. The maximum atomic E-state index is 11.6. The molecular formula is C9H17N3O3S. The van der Waals surface area contributed by atoms with Crippen LogP contribution in [0, 0.1) is 6.92 Å². The Bertz CT molecular complexity index is 413. The van der Waals surface area contributed by atoms with E-state index >= 15 is 0 Å². The van der Waals surface area contributed by atoms with Gasteiger partial charge in [0, 0.05) is 12.6 Å². The van der Waals surface area contributed by atoms with E-state index in [1.807, 2.05) is 7.05 Å². The van der Waals surface area contributed by atoms with Crippen molar-refractivity contribution in [3.63, 3.8) is 0 Å². The summed E-state index contributed by atoms with van der Waals surface area (Å²) in [5.41, 5.74) is 0.429. The van der Waals surface area contributed by atoms with Crippen LogP contribution in [0.15, 0.2) is 10.6 Å². The second-order valence-electron chi connectivity index (χ2n) is 3.54. The standard InChI is InChI=1S/C9H17N3O3S/c1-8-6-9(12-15-8)7-16(13,14)11-5-3-4-10-2/h6,10-11H,3-5,7H2,1-2H3. The Kier molecular flexibility index (Phi) is 4.91. The van der Waals surface area contributed by atoms with Crippen LogP contribution in [0.3, 0.4) is 0 Å². The van der Waals surface area contributed by atoms with Gasteiger partial charge < -0.3 is 9.84 Å². The Hall–Kier alpha value is -0.920. The topological polar surface area (TPSA) is 84.2 Å². The first-order chi connectivity index (χ1) is 7.53. The Morgan fingerprint density at radius 3 is 2.75 bits per heavy atom. The average Bonchev–Trinajstić information content (AvgIpc) is 2.58. The first-order valence-electron chi connectivity index (χ1n) is 5.07. The van der Waals surface area contributed by atoms with Gasteiger partial charge in [0.15, 0.2) is 0 Å². The molecule has 92 valence electrons. The van der Waals surface area contributed by atoms with Crippen molar-refractivity contribution in [3.05, 3.63) is 17.5 Å². The summed E-state index contributed by atoms with van der Waals surface area (Å²) in [6, 6.07) is 1.62. The number of hydrogen-bond donors (Lipinski definition) is 2. The first kappa shape index (κ1) is 13.1. The smallest absolute Gasteiger partial charge is 0.217 e. The highest BCUT2D eigenvalue weighted by atomic mass is 32.2. The second-order valence-corrected chi connectivity index (χ2v) is 5.35. The van der Waals surface area contributed by atoms with E-state index in [0.717, 1.165) is 13.0 Å². The fourth-order valence-corrected chi connectivity index (χ4v) is 2.31. The second kappa shape index (κ2) is 5.97. The Morgan fingerprint density at radius 1 is 1.44 bits per heavy atom. The highest BCUT2D eigenvalue weighted by molar-refractivity contribution is 7.88. The van der Waals surface area contributed by atoms with Crippen molar-refractivity contribution in [1.29, 1.82) is 0 Å². The number of aromatic nitrogens is 1. The molecule has 0 aliphatic carbocycles. The Balaban J connectivity index is 2.40. The molecular weight excluding hydrogens is 230 g/mol. The zero-order valence-corrected chi connectivity index (χ0v) is 10.3. The molecule has 6 nitrogen and oxygen atoms in total. The predicted octanol–water partition coefficient (Wildman–Crippen LogP) is 0.0119. The van der Waals surface area contributed by atoms with E-state index in [0.29, 0.717) is 18.0 Å². The van der Waals surface area contributed by atoms with E-state index in [2.05, 4.69) is 15.2 Å². The van der Waals surface area contributed by atoms with Crippen LogP contribution >= 0.6 is 0 Å². The third-order valence-electron chi connectivity index (χ3n) is 1.94. The van der Waals surface area contributed by atoms with Crippen molar-refractivity contribution >= 4 is 10.0 Å². The fourth-order valence-electron chi connectivity index (χ4n) is 1.22. The quantitative estimate of drug-likeness (QED) is 0.663. The maximum absolute atomic E-state index is 11.6. The molecule has 0 unspecified atom stereocenters. The zero-order chi connectivity index (χ0) is 12.0. The molecule has 0 saturated heterocycles. The lowest BCUT2D eigenvalue weighted by Crippen LogP contribution is -2.28. The molecule has 0 aromatic carbocycles. The normalized spacial score (nSPS) is 11.9.